The topological polar surface area (TPSA) is 46.6 Å². The van der Waals surface area contributed by atoms with Crippen LogP contribution >= 0.6 is 22.9 Å². The van der Waals surface area contributed by atoms with Crippen LogP contribution in [0.2, 0.25) is 0 Å². The number of sulfonamides is 1. The molecule has 0 atom stereocenters. The molecule has 2 heterocycles. The van der Waals surface area contributed by atoms with Gasteiger partial charge in [-0.15, -0.1) is 22.9 Å². The number of piperidine rings is 1. The Morgan fingerprint density at radius 2 is 2.10 bits per heavy atom. The summed E-state index contributed by atoms with van der Waals surface area (Å²) in [5, 5.41) is 0. The molecule has 20 heavy (non-hydrogen) atoms. The van der Waals surface area contributed by atoms with Gasteiger partial charge in [-0.05, 0) is 32.8 Å². The molecule has 1 aliphatic rings. The third kappa shape index (κ3) is 3.36. The molecular formula is C13H20ClNO3S2. The van der Waals surface area contributed by atoms with Crippen molar-refractivity contribution in [2.45, 2.75) is 43.6 Å². The highest BCUT2D eigenvalue weighted by Gasteiger charge is 2.31. The molecule has 1 aromatic rings. The third-order valence-electron chi connectivity index (χ3n) is 3.48. The molecule has 0 saturated carbocycles. The molecule has 1 saturated heterocycles. The Labute approximate surface area is 129 Å². The van der Waals surface area contributed by atoms with E-state index in [1.165, 1.54) is 11.3 Å². The first kappa shape index (κ1) is 16.2. The minimum absolute atomic E-state index is 0.188. The van der Waals surface area contributed by atoms with Crippen molar-refractivity contribution in [3.63, 3.8) is 0 Å². The quantitative estimate of drug-likeness (QED) is 0.776. The summed E-state index contributed by atoms with van der Waals surface area (Å²) in [4.78, 5) is 2.12. The predicted molar refractivity (Wildman–Crippen MR) is 82.0 cm³/mol. The van der Waals surface area contributed by atoms with Gasteiger partial charge in [0.15, 0.2) is 0 Å². The number of aryl methyl sites for hydroxylation is 1. The lowest BCUT2D eigenvalue weighted by Gasteiger charge is -2.30. The van der Waals surface area contributed by atoms with Gasteiger partial charge >= 0.3 is 0 Å². The van der Waals surface area contributed by atoms with Crippen LogP contribution in [0.4, 0.5) is 0 Å². The molecule has 7 heteroatoms. The van der Waals surface area contributed by atoms with Crippen LogP contribution in [0.1, 0.15) is 29.5 Å². The van der Waals surface area contributed by atoms with Gasteiger partial charge in [-0.3, -0.25) is 0 Å². The first-order valence-corrected chi connectivity index (χ1v) is 9.55. The summed E-state index contributed by atoms with van der Waals surface area (Å²) in [6.45, 7) is 5.53. The van der Waals surface area contributed by atoms with Gasteiger partial charge in [-0.2, -0.15) is 4.31 Å². The van der Waals surface area contributed by atoms with E-state index in [1.807, 2.05) is 13.8 Å². The van der Waals surface area contributed by atoms with Gasteiger partial charge in [0, 0.05) is 29.5 Å². The highest BCUT2D eigenvalue weighted by molar-refractivity contribution is 7.89. The van der Waals surface area contributed by atoms with Crippen LogP contribution in [0.5, 0.6) is 0 Å². The van der Waals surface area contributed by atoms with Gasteiger partial charge < -0.3 is 4.74 Å². The molecule has 0 spiro atoms. The van der Waals surface area contributed by atoms with Crippen molar-refractivity contribution in [1.82, 2.24) is 4.31 Å². The lowest BCUT2D eigenvalue weighted by atomic mass is 10.1. The molecule has 1 fully saturated rings. The van der Waals surface area contributed by atoms with Gasteiger partial charge in [0.1, 0.15) is 0 Å². The maximum absolute atomic E-state index is 12.7. The Morgan fingerprint density at radius 1 is 1.45 bits per heavy atom. The number of halogens is 1. The number of hydrogen-bond donors (Lipinski definition) is 0. The number of nitrogens with zero attached hydrogens (tertiary/aromatic N) is 1. The summed E-state index contributed by atoms with van der Waals surface area (Å²) in [5.74, 6) is 0.355. The van der Waals surface area contributed by atoms with Crippen molar-refractivity contribution < 1.29 is 13.2 Å². The highest BCUT2D eigenvalue weighted by atomic mass is 35.5. The molecule has 114 valence electrons. The summed E-state index contributed by atoms with van der Waals surface area (Å²) in [6.07, 6.45) is 1.71. The maximum atomic E-state index is 12.7. The van der Waals surface area contributed by atoms with Crippen LogP contribution in [0.15, 0.2) is 11.0 Å². The van der Waals surface area contributed by atoms with Crippen molar-refractivity contribution in [2.75, 3.05) is 19.7 Å². The molecule has 0 N–H and O–H groups in total. The van der Waals surface area contributed by atoms with Crippen molar-refractivity contribution in [3.05, 3.63) is 15.8 Å². The van der Waals surface area contributed by atoms with E-state index in [4.69, 9.17) is 16.3 Å². The average molecular weight is 338 g/mol. The zero-order valence-electron chi connectivity index (χ0n) is 11.8. The zero-order valence-corrected chi connectivity index (χ0v) is 14.2. The smallest absolute Gasteiger partial charge is 0.244 e. The van der Waals surface area contributed by atoms with E-state index < -0.39 is 10.0 Å². The lowest BCUT2D eigenvalue weighted by Crippen LogP contribution is -2.40. The van der Waals surface area contributed by atoms with Gasteiger partial charge in [0.2, 0.25) is 10.0 Å². The zero-order chi connectivity index (χ0) is 14.8. The number of alkyl halides is 1. The van der Waals surface area contributed by atoms with E-state index in [0.29, 0.717) is 30.5 Å². The third-order valence-corrected chi connectivity index (χ3v) is 7.13. The molecule has 0 amide bonds. The Kier molecular flexibility index (Phi) is 5.48. The fraction of sp³-hybridized carbons (Fsp3) is 0.692. The number of hydrogen-bond acceptors (Lipinski definition) is 4. The van der Waals surface area contributed by atoms with Gasteiger partial charge in [-0.25, -0.2) is 8.42 Å². The molecule has 1 aliphatic heterocycles. The molecule has 0 bridgehead atoms. The second kappa shape index (κ2) is 6.75. The molecule has 4 nitrogen and oxygen atoms in total. The van der Waals surface area contributed by atoms with E-state index in [0.717, 1.165) is 22.6 Å². The largest absolute Gasteiger partial charge is 0.378 e. The molecule has 0 unspecified atom stereocenters. The van der Waals surface area contributed by atoms with Crippen molar-refractivity contribution >= 4 is 33.0 Å². The normalized spacial score (nSPS) is 18.6. The molecule has 0 aliphatic carbocycles. The minimum atomic E-state index is -3.39. The molecule has 0 radical (unpaired) electrons. The number of ether oxygens (including phenoxy) is 1. The van der Waals surface area contributed by atoms with Gasteiger partial charge in [-0.1, -0.05) is 0 Å². The van der Waals surface area contributed by atoms with E-state index in [2.05, 4.69) is 0 Å². The Bertz CT molecular complexity index is 548. The second-order valence-corrected chi connectivity index (χ2v) is 8.34. The van der Waals surface area contributed by atoms with E-state index in [1.54, 1.807) is 10.4 Å². The fourth-order valence-electron chi connectivity index (χ4n) is 2.46. The van der Waals surface area contributed by atoms with Crippen LogP contribution in [0.3, 0.4) is 0 Å². The first-order chi connectivity index (χ1) is 9.48. The van der Waals surface area contributed by atoms with Crippen LogP contribution in [-0.4, -0.2) is 38.5 Å². The standard InChI is InChI=1S/C13H20ClNO3S2/c1-3-18-11-4-6-15(7-5-11)20(16,17)13-8-12(9-14)19-10(13)2/h8,11H,3-7,9H2,1-2H3. The van der Waals surface area contributed by atoms with Crippen LogP contribution in [0, 0.1) is 6.92 Å². The fourth-order valence-corrected chi connectivity index (χ4v) is 5.62. The average Bonchev–Trinajstić information content (AvgIpc) is 2.82. The second-order valence-electron chi connectivity index (χ2n) is 4.83. The first-order valence-electron chi connectivity index (χ1n) is 6.76. The lowest BCUT2D eigenvalue weighted by molar-refractivity contribution is 0.0290. The van der Waals surface area contributed by atoms with E-state index in [-0.39, 0.29) is 6.10 Å². The van der Waals surface area contributed by atoms with Crippen molar-refractivity contribution in [1.29, 1.82) is 0 Å². The van der Waals surface area contributed by atoms with Crippen molar-refractivity contribution in [3.8, 4) is 0 Å². The van der Waals surface area contributed by atoms with Crippen LogP contribution in [-0.2, 0) is 20.6 Å². The molecule has 1 aromatic heterocycles. The summed E-state index contributed by atoms with van der Waals surface area (Å²) >= 11 is 7.24. The molecule has 2 rings (SSSR count). The summed E-state index contributed by atoms with van der Waals surface area (Å²) in [6, 6.07) is 1.71. The maximum Gasteiger partial charge on any atom is 0.244 e. The van der Waals surface area contributed by atoms with Crippen LogP contribution < -0.4 is 0 Å². The summed E-state index contributed by atoms with van der Waals surface area (Å²) < 4.78 is 32.4. The van der Waals surface area contributed by atoms with E-state index >= 15 is 0 Å². The number of thiophene rings is 1. The van der Waals surface area contributed by atoms with Gasteiger partial charge in [0.25, 0.3) is 0 Å². The van der Waals surface area contributed by atoms with Gasteiger partial charge in [0.05, 0.1) is 16.9 Å². The van der Waals surface area contributed by atoms with Crippen LogP contribution in [0.25, 0.3) is 0 Å². The Hall–Kier alpha value is -0.140. The summed E-state index contributed by atoms with van der Waals surface area (Å²) in [5.41, 5.74) is 0. The van der Waals surface area contributed by atoms with Crippen molar-refractivity contribution in [2.24, 2.45) is 0 Å². The number of rotatable bonds is 5. The minimum Gasteiger partial charge on any atom is -0.378 e. The molecule has 0 aromatic carbocycles. The highest BCUT2D eigenvalue weighted by Crippen LogP contribution is 2.30. The Balaban J connectivity index is 2.13. The summed E-state index contributed by atoms with van der Waals surface area (Å²) in [7, 11) is -3.39. The molecular weight excluding hydrogens is 318 g/mol. The Morgan fingerprint density at radius 3 is 2.60 bits per heavy atom. The predicted octanol–water partition coefficient (Wildman–Crippen LogP) is 2.98. The SMILES string of the molecule is CCOC1CCN(S(=O)(=O)c2cc(CCl)sc2C)CC1. The van der Waals surface area contributed by atoms with E-state index in [9.17, 15) is 8.42 Å². The monoisotopic (exact) mass is 337 g/mol.